The van der Waals surface area contributed by atoms with E-state index in [0.29, 0.717) is 11.3 Å². The van der Waals surface area contributed by atoms with Crippen molar-refractivity contribution < 1.29 is 9.13 Å². The SMILES string of the molecule is COc1ccc(/C=C(/F)C#N)cc1. The lowest BCUT2D eigenvalue weighted by Crippen LogP contribution is -1.81. The minimum Gasteiger partial charge on any atom is -0.497 e. The molecule has 0 N–H and O–H groups in total. The molecule has 0 spiro atoms. The Kier molecular flexibility index (Phi) is 3.04. The summed E-state index contributed by atoms with van der Waals surface area (Å²) < 4.78 is 17.4. The lowest BCUT2D eigenvalue weighted by Gasteiger charge is -1.98. The van der Waals surface area contributed by atoms with Crippen LogP contribution in [0, 0.1) is 11.3 Å². The van der Waals surface area contributed by atoms with Crippen molar-refractivity contribution in [3.8, 4) is 11.8 Å². The van der Waals surface area contributed by atoms with Gasteiger partial charge in [-0.15, -0.1) is 0 Å². The Hall–Kier alpha value is -1.82. The molecule has 0 heterocycles. The van der Waals surface area contributed by atoms with Crippen LogP contribution in [0.5, 0.6) is 5.75 Å². The Morgan fingerprint density at radius 2 is 2.08 bits per heavy atom. The van der Waals surface area contributed by atoms with Gasteiger partial charge < -0.3 is 4.74 Å². The Bertz CT molecular complexity index is 348. The second kappa shape index (κ2) is 4.27. The highest BCUT2D eigenvalue weighted by atomic mass is 19.1. The third-order valence-electron chi connectivity index (χ3n) is 1.52. The summed E-state index contributed by atoms with van der Waals surface area (Å²) in [6.07, 6.45) is 1.17. The molecule has 1 aromatic rings. The Balaban J connectivity index is 2.88. The van der Waals surface area contributed by atoms with Crippen LogP contribution in [0.15, 0.2) is 30.1 Å². The van der Waals surface area contributed by atoms with E-state index < -0.39 is 5.83 Å². The molecule has 0 aliphatic carbocycles. The van der Waals surface area contributed by atoms with Crippen LogP contribution in [0.3, 0.4) is 0 Å². The molecule has 0 radical (unpaired) electrons. The molecule has 2 nitrogen and oxygen atoms in total. The van der Waals surface area contributed by atoms with Gasteiger partial charge in [0.15, 0.2) is 0 Å². The number of hydrogen-bond acceptors (Lipinski definition) is 2. The van der Waals surface area contributed by atoms with E-state index in [4.69, 9.17) is 10.00 Å². The third-order valence-corrected chi connectivity index (χ3v) is 1.52. The van der Waals surface area contributed by atoms with E-state index in [1.54, 1.807) is 31.4 Å². The van der Waals surface area contributed by atoms with Gasteiger partial charge >= 0.3 is 0 Å². The number of halogens is 1. The highest BCUT2D eigenvalue weighted by Crippen LogP contribution is 2.13. The zero-order valence-electron chi connectivity index (χ0n) is 7.12. The third kappa shape index (κ3) is 2.60. The largest absolute Gasteiger partial charge is 0.497 e. The highest BCUT2D eigenvalue weighted by Gasteiger charge is 1.93. The molecule has 0 amide bonds. The molecule has 0 unspecified atom stereocenters. The Labute approximate surface area is 75.9 Å². The molecule has 0 fully saturated rings. The second-order valence-corrected chi connectivity index (χ2v) is 2.38. The first-order chi connectivity index (χ1) is 6.26. The van der Waals surface area contributed by atoms with Crippen LogP contribution in [0.2, 0.25) is 0 Å². The molecular weight excluding hydrogens is 169 g/mol. The number of methoxy groups -OCH3 is 1. The second-order valence-electron chi connectivity index (χ2n) is 2.38. The van der Waals surface area contributed by atoms with Gasteiger partial charge in [0.2, 0.25) is 5.83 Å². The first-order valence-electron chi connectivity index (χ1n) is 3.67. The van der Waals surface area contributed by atoms with Crippen LogP contribution in [-0.4, -0.2) is 7.11 Å². The van der Waals surface area contributed by atoms with Gasteiger partial charge in [-0.25, -0.2) is 0 Å². The topological polar surface area (TPSA) is 33.0 Å². The number of hydrogen-bond donors (Lipinski definition) is 0. The minimum atomic E-state index is -0.801. The summed E-state index contributed by atoms with van der Waals surface area (Å²) >= 11 is 0. The van der Waals surface area contributed by atoms with Crippen molar-refractivity contribution in [1.29, 1.82) is 5.26 Å². The lowest BCUT2D eigenvalue weighted by atomic mass is 10.2. The number of nitrogens with zero attached hydrogens (tertiary/aromatic N) is 1. The molecule has 0 saturated carbocycles. The average Bonchev–Trinajstić information content (AvgIpc) is 2.19. The van der Waals surface area contributed by atoms with Crippen molar-refractivity contribution in [2.24, 2.45) is 0 Å². The summed E-state index contributed by atoms with van der Waals surface area (Å²) in [5.74, 6) is -0.0975. The van der Waals surface area contributed by atoms with E-state index in [1.807, 2.05) is 0 Å². The molecule has 0 aliphatic rings. The maximum absolute atomic E-state index is 12.5. The molecule has 13 heavy (non-hydrogen) atoms. The number of ether oxygens (including phenoxy) is 1. The zero-order chi connectivity index (χ0) is 9.68. The van der Waals surface area contributed by atoms with Crippen LogP contribution in [0.4, 0.5) is 4.39 Å². The van der Waals surface area contributed by atoms with Gasteiger partial charge in [-0.1, -0.05) is 12.1 Å². The molecule has 0 aliphatic heterocycles. The molecule has 66 valence electrons. The predicted molar refractivity (Wildman–Crippen MR) is 47.7 cm³/mol. The molecule has 1 rings (SSSR count). The average molecular weight is 177 g/mol. The van der Waals surface area contributed by atoms with Gasteiger partial charge in [-0.05, 0) is 23.8 Å². The van der Waals surface area contributed by atoms with Gasteiger partial charge in [0.05, 0.1) is 7.11 Å². The fourth-order valence-corrected chi connectivity index (χ4v) is 0.879. The van der Waals surface area contributed by atoms with Gasteiger partial charge in [-0.3, -0.25) is 0 Å². The van der Waals surface area contributed by atoms with Crippen molar-refractivity contribution in [1.82, 2.24) is 0 Å². The maximum atomic E-state index is 12.5. The zero-order valence-corrected chi connectivity index (χ0v) is 7.12. The van der Waals surface area contributed by atoms with Crippen molar-refractivity contribution >= 4 is 6.08 Å². The van der Waals surface area contributed by atoms with Gasteiger partial charge in [-0.2, -0.15) is 9.65 Å². The molecule has 0 atom stereocenters. The number of allylic oxidation sites excluding steroid dienone is 1. The quantitative estimate of drug-likeness (QED) is 0.650. The Morgan fingerprint density at radius 1 is 1.46 bits per heavy atom. The minimum absolute atomic E-state index is 0.639. The smallest absolute Gasteiger partial charge is 0.200 e. The molecule has 3 heteroatoms. The lowest BCUT2D eigenvalue weighted by molar-refractivity contribution is 0.415. The van der Waals surface area contributed by atoms with E-state index >= 15 is 0 Å². The first-order valence-corrected chi connectivity index (χ1v) is 3.67. The maximum Gasteiger partial charge on any atom is 0.200 e. The van der Waals surface area contributed by atoms with Gasteiger partial charge in [0.1, 0.15) is 11.8 Å². The van der Waals surface area contributed by atoms with Crippen molar-refractivity contribution in [2.45, 2.75) is 0 Å². The summed E-state index contributed by atoms with van der Waals surface area (Å²) in [5.41, 5.74) is 0.639. The van der Waals surface area contributed by atoms with E-state index in [1.165, 1.54) is 12.1 Å². The predicted octanol–water partition coefficient (Wildman–Crippen LogP) is 2.53. The summed E-state index contributed by atoms with van der Waals surface area (Å²) in [7, 11) is 1.56. The van der Waals surface area contributed by atoms with Crippen LogP contribution in [0.25, 0.3) is 6.08 Å². The van der Waals surface area contributed by atoms with Crippen molar-refractivity contribution in [3.63, 3.8) is 0 Å². The van der Waals surface area contributed by atoms with E-state index in [0.717, 1.165) is 0 Å². The normalized spacial score (nSPS) is 10.7. The fraction of sp³-hybridized carbons (Fsp3) is 0.100. The standard InChI is InChI=1S/C10H8FNO/c1-13-10-4-2-8(3-5-10)6-9(11)7-12/h2-6H,1H3/b9-6+. The summed E-state index contributed by atoms with van der Waals surface area (Å²) in [6.45, 7) is 0. The molecule has 0 saturated heterocycles. The molecular formula is C10H8FNO. The van der Waals surface area contributed by atoms with Crippen molar-refractivity contribution in [3.05, 3.63) is 35.7 Å². The number of nitriles is 1. The molecule has 0 aromatic heterocycles. The summed E-state index contributed by atoms with van der Waals surface area (Å²) in [6, 6.07) is 8.17. The van der Waals surface area contributed by atoms with Crippen molar-refractivity contribution in [2.75, 3.05) is 7.11 Å². The molecule has 0 bridgehead atoms. The number of benzene rings is 1. The van der Waals surface area contributed by atoms with Crippen LogP contribution < -0.4 is 4.74 Å². The Morgan fingerprint density at radius 3 is 2.54 bits per heavy atom. The highest BCUT2D eigenvalue weighted by molar-refractivity contribution is 5.55. The number of rotatable bonds is 2. The van der Waals surface area contributed by atoms with Crippen LogP contribution >= 0.6 is 0 Å². The van der Waals surface area contributed by atoms with Gasteiger partial charge in [0, 0.05) is 0 Å². The van der Waals surface area contributed by atoms with E-state index in [-0.39, 0.29) is 0 Å². The van der Waals surface area contributed by atoms with Crippen LogP contribution in [-0.2, 0) is 0 Å². The van der Waals surface area contributed by atoms with Gasteiger partial charge in [0.25, 0.3) is 0 Å². The monoisotopic (exact) mass is 177 g/mol. The summed E-state index contributed by atoms with van der Waals surface area (Å²) in [4.78, 5) is 0. The first kappa shape index (κ1) is 9.27. The molecule has 1 aromatic carbocycles. The van der Waals surface area contributed by atoms with E-state index in [9.17, 15) is 4.39 Å². The van der Waals surface area contributed by atoms with Crippen LogP contribution in [0.1, 0.15) is 5.56 Å². The fourth-order valence-electron chi connectivity index (χ4n) is 0.879. The van der Waals surface area contributed by atoms with E-state index in [2.05, 4.69) is 0 Å². The summed E-state index contributed by atoms with van der Waals surface area (Å²) in [5, 5.41) is 8.18.